The minimum Gasteiger partial charge on any atom is -0.483 e. The Bertz CT molecular complexity index is 515. The Balaban J connectivity index is 1.91. The third kappa shape index (κ3) is 4.62. The second-order valence-electron chi connectivity index (χ2n) is 5.31. The number of alkyl halides is 3. The average molecular weight is 317 g/mol. The molecule has 1 aromatic rings. The van der Waals surface area contributed by atoms with Crippen molar-refractivity contribution in [3.8, 4) is 5.75 Å². The van der Waals surface area contributed by atoms with E-state index in [1.54, 1.807) is 0 Å². The summed E-state index contributed by atoms with van der Waals surface area (Å²) < 4.78 is 43.4. The maximum Gasteiger partial charge on any atom is 0.419 e. The van der Waals surface area contributed by atoms with Crippen LogP contribution in [0.1, 0.15) is 24.8 Å². The first kappa shape index (κ1) is 16.6. The van der Waals surface area contributed by atoms with E-state index < -0.39 is 24.3 Å². The van der Waals surface area contributed by atoms with Gasteiger partial charge in [0.25, 0.3) is 5.91 Å². The van der Waals surface area contributed by atoms with Gasteiger partial charge in [0.1, 0.15) is 5.75 Å². The third-order valence-electron chi connectivity index (χ3n) is 3.53. The van der Waals surface area contributed by atoms with Crippen molar-refractivity contribution in [2.75, 3.05) is 13.2 Å². The van der Waals surface area contributed by atoms with Gasteiger partial charge in [0.2, 0.25) is 0 Å². The fourth-order valence-electron chi connectivity index (χ4n) is 2.28. The molecule has 2 rings (SSSR count). The van der Waals surface area contributed by atoms with Crippen molar-refractivity contribution < 1.29 is 27.8 Å². The van der Waals surface area contributed by atoms with E-state index in [0.717, 1.165) is 18.9 Å². The van der Waals surface area contributed by atoms with E-state index in [1.807, 2.05) is 0 Å². The Morgan fingerprint density at radius 3 is 2.64 bits per heavy atom. The SMILES string of the molecule is O=C(COc1ccccc1C(F)(F)F)NC(CCO)C1CC1. The van der Waals surface area contributed by atoms with Gasteiger partial charge in [0.15, 0.2) is 6.61 Å². The number of halogens is 3. The number of aliphatic hydroxyl groups excluding tert-OH is 1. The number of carbonyl (C=O) groups is 1. The molecule has 1 atom stereocenters. The Morgan fingerprint density at radius 1 is 1.36 bits per heavy atom. The van der Waals surface area contributed by atoms with Crippen LogP contribution in [0.4, 0.5) is 13.2 Å². The van der Waals surface area contributed by atoms with Crippen LogP contribution in [0.25, 0.3) is 0 Å². The van der Waals surface area contributed by atoms with Gasteiger partial charge in [-0.05, 0) is 37.3 Å². The number of rotatable bonds is 7. The van der Waals surface area contributed by atoms with Crippen molar-refractivity contribution in [2.24, 2.45) is 5.92 Å². The maximum atomic E-state index is 12.8. The van der Waals surface area contributed by atoms with Crippen LogP contribution >= 0.6 is 0 Å². The van der Waals surface area contributed by atoms with Gasteiger partial charge in [-0.3, -0.25) is 4.79 Å². The molecule has 4 nitrogen and oxygen atoms in total. The molecule has 1 amide bonds. The van der Waals surface area contributed by atoms with E-state index in [9.17, 15) is 18.0 Å². The number of para-hydroxylation sites is 1. The highest BCUT2D eigenvalue weighted by atomic mass is 19.4. The van der Waals surface area contributed by atoms with Crippen molar-refractivity contribution in [3.63, 3.8) is 0 Å². The lowest BCUT2D eigenvalue weighted by molar-refractivity contribution is -0.139. The molecule has 7 heteroatoms. The van der Waals surface area contributed by atoms with E-state index in [-0.39, 0.29) is 18.4 Å². The minimum absolute atomic E-state index is 0.0424. The molecular weight excluding hydrogens is 299 g/mol. The number of benzene rings is 1. The fraction of sp³-hybridized carbons (Fsp3) is 0.533. The molecule has 22 heavy (non-hydrogen) atoms. The molecule has 0 bridgehead atoms. The van der Waals surface area contributed by atoms with Crippen LogP contribution in [0.2, 0.25) is 0 Å². The van der Waals surface area contributed by atoms with Gasteiger partial charge in [-0.15, -0.1) is 0 Å². The van der Waals surface area contributed by atoms with Crippen LogP contribution in [0.15, 0.2) is 24.3 Å². The third-order valence-corrected chi connectivity index (χ3v) is 3.53. The molecule has 0 aromatic heterocycles. The molecule has 0 saturated heterocycles. The molecule has 1 unspecified atom stereocenters. The Morgan fingerprint density at radius 2 is 2.05 bits per heavy atom. The van der Waals surface area contributed by atoms with Gasteiger partial charge in [-0.25, -0.2) is 0 Å². The Hall–Kier alpha value is -1.76. The van der Waals surface area contributed by atoms with E-state index >= 15 is 0 Å². The van der Waals surface area contributed by atoms with E-state index in [1.165, 1.54) is 18.2 Å². The lowest BCUT2D eigenvalue weighted by Gasteiger charge is -2.18. The Labute approximate surface area is 126 Å². The van der Waals surface area contributed by atoms with Crippen LogP contribution < -0.4 is 10.1 Å². The van der Waals surface area contributed by atoms with Crippen molar-refractivity contribution in [3.05, 3.63) is 29.8 Å². The topological polar surface area (TPSA) is 58.6 Å². The van der Waals surface area contributed by atoms with Crippen molar-refractivity contribution >= 4 is 5.91 Å². The first-order valence-corrected chi connectivity index (χ1v) is 7.11. The number of carbonyl (C=O) groups excluding carboxylic acids is 1. The Kier molecular flexibility index (Phi) is 5.28. The van der Waals surface area contributed by atoms with Crippen molar-refractivity contribution in [1.29, 1.82) is 0 Å². The molecule has 0 heterocycles. The van der Waals surface area contributed by atoms with Crippen LogP contribution in [-0.2, 0) is 11.0 Å². The minimum atomic E-state index is -4.53. The van der Waals surface area contributed by atoms with Gasteiger partial charge in [0, 0.05) is 12.6 Å². The zero-order valence-corrected chi connectivity index (χ0v) is 11.9. The fourth-order valence-corrected chi connectivity index (χ4v) is 2.28. The summed E-state index contributed by atoms with van der Waals surface area (Å²) in [6, 6.07) is 4.63. The average Bonchev–Trinajstić information content (AvgIpc) is 3.28. The quantitative estimate of drug-likeness (QED) is 0.812. The van der Waals surface area contributed by atoms with E-state index in [0.29, 0.717) is 12.3 Å². The highest BCUT2D eigenvalue weighted by Crippen LogP contribution is 2.36. The molecule has 122 valence electrons. The lowest BCUT2D eigenvalue weighted by Crippen LogP contribution is -2.40. The first-order valence-electron chi connectivity index (χ1n) is 7.11. The van der Waals surface area contributed by atoms with E-state index in [2.05, 4.69) is 5.32 Å². The number of amides is 1. The molecular formula is C15H18F3NO3. The van der Waals surface area contributed by atoms with Gasteiger partial charge in [-0.2, -0.15) is 13.2 Å². The summed E-state index contributed by atoms with van der Waals surface area (Å²) in [7, 11) is 0. The molecule has 1 aliphatic carbocycles. The molecule has 1 fully saturated rings. The molecule has 0 aliphatic heterocycles. The monoisotopic (exact) mass is 317 g/mol. The standard InChI is InChI=1S/C15H18F3NO3/c16-15(17,18)11-3-1-2-4-13(11)22-9-14(21)19-12(7-8-20)10-5-6-10/h1-4,10,12,20H,5-9H2,(H,19,21). The second-order valence-corrected chi connectivity index (χ2v) is 5.31. The smallest absolute Gasteiger partial charge is 0.419 e. The van der Waals surface area contributed by atoms with E-state index in [4.69, 9.17) is 9.84 Å². The van der Waals surface area contributed by atoms with Crippen LogP contribution in [-0.4, -0.2) is 30.3 Å². The predicted octanol–water partition coefficient (Wildman–Crippen LogP) is 2.36. The van der Waals surface area contributed by atoms with Crippen molar-refractivity contribution in [1.82, 2.24) is 5.32 Å². The van der Waals surface area contributed by atoms with Crippen LogP contribution in [0.3, 0.4) is 0 Å². The number of ether oxygens (including phenoxy) is 1. The summed E-state index contributed by atoms with van der Waals surface area (Å²) in [4.78, 5) is 11.8. The lowest BCUT2D eigenvalue weighted by atomic mass is 10.1. The molecule has 1 aromatic carbocycles. The molecule has 0 spiro atoms. The summed E-state index contributed by atoms with van der Waals surface area (Å²) >= 11 is 0. The number of hydrogen-bond donors (Lipinski definition) is 2. The largest absolute Gasteiger partial charge is 0.483 e. The second kappa shape index (κ2) is 7.00. The zero-order valence-electron chi connectivity index (χ0n) is 11.9. The van der Waals surface area contributed by atoms with Crippen LogP contribution in [0.5, 0.6) is 5.75 Å². The van der Waals surface area contributed by atoms with Crippen LogP contribution in [0, 0.1) is 5.92 Å². The summed E-state index contributed by atoms with van der Waals surface area (Å²) in [6.45, 7) is -0.527. The highest BCUT2D eigenvalue weighted by Gasteiger charge is 2.34. The molecule has 2 N–H and O–H groups in total. The summed E-state index contributed by atoms with van der Waals surface area (Å²) in [5.74, 6) is -0.504. The molecule has 1 aliphatic rings. The molecule has 0 radical (unpaired) electrons. The number of nitrogens with one attached hydrogen (secondary N) is 1. The maximum absolute atomic E-state index is 12.8. The zero-order chi connectivity index (χ0) is 16.2. The van der Waals surface area contributed by atoms with Gasteiger partial charge < -0.3 is 15.2 Å². The number of aliphatic hydroxyl groups is 1. The number of hydrogen-bond acceptors (Lipinski definition) is 3. The highest BCUT2D eigenvalue weighted by molar-refractivity contribution is 5.78. The van der Waals surface area contributed by atoms with Gasteiger partial charge >= 0.3 is 6.18 Å². The first-order chi connectivity index (χ1) is 10.4. The van der Waals surface area contributed by atoms with Gasteiger partial charge in [0.05, 0.1) is 5.56 Å². The molecule has 1 saturated carbocycles. The summed E-state index contributed by atoms with van der Waals surface area (Å²) in [6.07, 6.45) is -2.11. The summed E-state index contributed by atoms with van der Waals surface area (Å²) in [5, 5.41) is 11.7. The summed E-state index contributed by atoms with van der Waals surface area (Å²) in [5.41, 5.74) is -0.906. The normalized spacial score (nSPS) is 16.2. The predicted molar refractivity (Wildman–Crippen MR) is 73.3 cm³/mol. The van der Waals surface area contributed by atoms with Gasteiger partial charge in [-0.1, -0.05) is 12.1 Å². The van der Waals surface area contributed by atoms with Crippen molar-refractivity contribution in [2.45, 2.75) is 31.5 Å².